The molecular formula is C16H23NO3. The number of anilines is 1. The fourth-order valence-corrected chi connectivity index (χ4v) is 3.03. The molecule has 0 unspecified atom stereocenters. The molecule has 0 aromatic heterocycles. The summed E-state index contributed by atoms with van der Waals surface area (Å²) in [5.74, 6) is 0.328. The summed E-state index contributed by atoms with van der Waals surface area (Å²) in [5.41, 5.74) is 7.48. The third-order valence-electron chi connectivity index (χ3n) is 4.43. The van der Waals surface area contributed by atoms with E-state index >= 15 is 0 Å². The van der Waals surface area contributed by atoms with Gasteiger partial charge in [0.2, 0.25) is 0 Å². The van der Waals surface area contributed by atoms with Gasteiger partial charge in [-0.25, -0.2) is 0 Å². The Morgan fingerprint density at radius 2 is 1.85 bits per heavy atom. The van der Waals surface area contributed by atoms with Crippen LogP contribution < -0.4 is 5.73 Å². The van der Waals surface area contributed by atoms with Crippen molar-refractivity contribution >= 4 is 11.7 Å². The van der Waals surface area contributed by atoms with Crippen molar-refractivity contribution in [1.82, 2.24) is 0 Å². The van der Waals surface area contributed by atoms with Crippen molar-refractivity contribution in [2.45, 2.75) is 43.6 Å². The van der Waals surface area contributed by atoms with E-state index in [4.69, 9.17) is 15.2 Å². The van der Waals surface area contributed by atoms with Gasteiger partial charge in [-0.2, -0.15) is 0 Å². The van der Waals surface area contributed by atoms with E-state index < -0.39 is 0 Å². The second kappa shape index (κ2) is 6.27. The molecular weight excluding hydrogens is 254 g/mol. The zero-order valence-electron chi connectivity index (χ0n) is 12.2. The lowest BCUT2D eigenvalue weighted by atomic mass is 9.74. The molecule has 4 nitrogen and oxygen atoms in total. The van der Waals surface area contributed by atoms with Gasteiger partial charge in [0.25, 0.3) is 0 Å². The molecule has 2 rings (SSSR count). The summed E-state index contributed by atoms with van der Waals surface area (Å²) < 4.78 is 10.4. The summed E-state index contributed by atoms with van der Waals surface area (Å²) in [6, 6.07) is 8.09. The van der Waals surface area contributed by atoms with Gasteiger partial charge in [0.05, 0.1) is 19.1 Å². The first kappa shape index (κ1) is 14.9. The van der Waals surface area contributed by atoms with Crippen LogP contribution in [0.5, 0.6) is 0 Å². The van der Waals surface area contributed by atoms with Crippen LogP contribution >= 0.6 is 0 Å². The van der Waals surface area contributed by atoms with Crippen LogP contribution in [0.2, 0.25) is 0 Å². The van der Waals surface area contributed by atoms with Crippen molar-refractivity contribution in [3.8, 4) is 0 Å². The number of nitrogen functional groups attached to an aromatic ring is 1. The van der Waals surface area contributed by atoms with E-state index in [2.05, 4.69) is 12.1 Å². The van der Waals surface area contributed by atoms with Crippen molar-refractivity contribution in [1.29, 1.82) is 0 Å². The zero-order valence-corrected chi connectivity index (χ0v) is 12.2. The lowest BCUT2D eigenvalue weighted by Gasteiger charge is -2.38. The monoisotopic (exact) mass is 277 g/mol. The molecule has 0 bridgehead atoms. The molecule has 1 aromatic rings. The van der Waals surface area contributed by atoms with E-state index in [9.17, 15) is 4.79 Å². The van der Waals surface area contributed by atoms with Crippen LogP contribution in [0, 0.1) is 0 Å². The second-order valence-corrected chi connectivity index (χ2v) is 5.58. The van der Waals surface area contributed by atoms with Gasteiger partial charge in [-0.05, 0) is 49.3 Å². The Hall–Kier alpha value is -1.55. The third kappa shape index (κ3) is 3.31. The van der Waals surface area contributed by atoms with Gasteiger partial charge in [-0.3, -0.25) is 4.79 Å². The molecule has 0 atom stereocenters. The highest BCUT2D eigenvalue weighted by Gasteiger charge is 2.38. The lowest BCUT2D eigenvalue weighted by molar-refractivity contribution is -0.149. The minimum Gasteiger partial charge on any atom is -0.469 e. The van der Waals surface area contributed by atoms with E-state index in [1.165, 1.54) is 12.7 Å². The van der Waals surface area contributed by atoms with Crippen molar-refractivity contribution in [2.24, 2.45) is 0 Å². The molecule has 0 saturated heterocycles. The van der Waals surface area contributed by atoms with Crippen molar-refractivity contribution in [3.05, 3.63) is 29.8 Å². The molecule has 110 valence electrons. The summed E-state index contributed by atoms with van der Waals surface area (Å²) in [5, 5.41) is 0. The van der Waals surface area contributed by atoms with Gasteiger partial charge in [0, 0.05) is 12.8 Å². The molecule has 4 heteroatoms. The number of ether oxygens (including phenoxy) is 2. The Labute approximate surface area is 120 Å². The highest BCUT2D eigenvalue weighted by atomic mass is 16.5. The largest absolute Gasteiger partial charge is 0.469 e. The van der Waals surface area contributed by atoms with Crippen LogP contribution in [-0.2, 0) is 14.3 Å². The molecule has 0 spiro atoms. The lowest BCUT2D eigenvalue weighted by Crippen LogP contribution is -2.38. The first-order valence-electron chi connectivity index (χ1n) is 7.06. The summed E-state index contributed by atoms with van der Waals surface area (Å²) >= 11 is 0. The molecule has 1 fully saturated rings. The second-order valence-electron chi connectivity index (χ2n) is 5.58. The smallest absolute Gasteiger partial charge is 0.308 e. The van der Waals surface area contributed by atoms with Crippen molar-refractivity contribution in [2.75, 3.05) is 20.0 Å². The van der Waals surface area contributed by atoms with Gasteiger partial charge in [-0.1, -0.05) is 12.1 Å². The normalized spacial score (nSPS) is 26.2. The molecule has 1 aliphatic rings. The summed E-state index contributed by atoms with van der Waals surface area (Å²) in [6.07, 6.45) is 4.15. The Bertz CT molecular complexity index is 447. The molecule has 1 saturated carbocycles. The molecule has 0 aliphatic heterocycles. The maximum absolute atomic E-state index is 11.5. The van der Waals surface area contributed by atoms with Crippen LogP contribution in [0.15, 0.2) is 24.3 Å². The highest BCUT2D eigenvalue weighted by Crippen LogP contribution is 2.41. The Morgan fingerprint density at radius 1 is 1.25 bits per heavy atom. The predicted molar refractivity (Wildman–Crippen MR) is 78.4 cm³/mol. The maximum Gasteiger partial charge on any atom is 0.308 e. The topological polar surface area (TPSA) is 61.5 Å². The van der Waals surface area contributed by atoms with E-state index in [1.54, 1.807) is 7.11 Å². The van der Waals surface area contributed by atoms with E-state index in [0.717, 1.165) is 31.4 Å². The van der Waals surface area contributed by atoms with Crippen molar-refractivity contribution < 1.29 is 14.3 Å². The quantitative estimate of drug-likeness (QED) is 0.679. The van der Waals surface area contributed by atoms with Crippen molar-refractivity contribution in [3.63, 3.8) is 0 Å². The molecule has 1 aromatic carbocycles. The fourth-order valence-electron chi connectivity index (χ4n) is 3.03. The molecule has 0 radical (unpaired) electrons. The highest BCUT2D eigenvalue weighted by molar-refractivity contribution is 5.70. The van der Waals surface area contributed by atoms with E-state index in [1.807, 2.05) is 12.1 Å². The van der Waals surface area contributed by atoms with Crippen LogP contribution in [0.1, 0.15) is 43.6 Å². The summed E-state index contributed by atoms with van der Waals surface area (Å²) in [6.45, 7) is 0. The molecule has 20 heavy (non-hydrogen) atoms. The standard InChI is InChI=1S/C16H23NO3/c1-19-15(18)11-16(20-2)9-7-13(8-10-16)12-3-5-14(17)6-4-12/h3-6,13H,7-11,17H2,1-2H3/t13-,16+. The minimum atomic E-state index is -0.350. The van der Waals surface area contributed by atoms with Gasteiger partial charge in [0.1, 0.15) is 0 Å². The zero-order chi connectivity index (χ0) is 14.6. The van der Waals surface area contributed by atoms with E-state index in [0.29, 0.717) is 12.3 Å². The number of hydrogen-bond donors (Lipinski definition) is 1. The van der Waals surface area contributed by atoms with Gasteiger partial charge >= 0.3 is 5.97 Å². The average molecular weight is 277 g/mol. The Morgan fingerprint density at radius 3 is 2.35 bits per heavy atom. The number of esters is 1. The maximum atomic E-state index is 11.5. The summed E-state index contributed by atoms with van der Waals surface area (Å²) in [7, 11) is 3.11. The predicted octanol–water partition coefficient (Wildman–Crippen LogP) is 2.87. The first-order chi connectivity index (χ1) is 9.58. The number of rotatable bonds is 4. The number of benzene rings is 1. The number of hydrogen-bond acceptors (Lipinski definition) is 4. The average Bonchev–Trinajstić information content (AvgIpc) is 2.49. The number of carbonyl (C=O) groups is 1. The van der Waals surface area contributed by atoms with Gasteiger partial charge < -0.3 is 15.2 Å². The number of carbonyl (C=O) groups excluding carboxylic acids is 1. The van der Waals surface area contributed by atoms with Gasteiger partial charge in [-0.15, -0.1) is 0 Å². The summed E-state index contributed by atoms with van der Waals surface area (Å²) in [4.78, 5) is 11.5. The molecule has 2 N–H and O–H groups in total. The van der Waals surface area contributed by atoms with Gasteiger partial charge in [0.15, 0.2) is 0 Å². The Balaban J connectivity index is 1.99. The molecule has 0 amide bonds. The van der Waals surface area contributed by atoms with E-state index in [-0.39, 0.29) is 11.6 Å². The Kier molecular flexibility index (Phi) is 4.65. The SMILES string of the molecule is COC(=O)C[C@]1(OC)CC[C@@H](c2ccc(N)cc2)CC1. The number of nitrogens with two attached hydrogens (primary N) is 1. The minimum absolute atomic E-state index is 0.196. The number of methoxy groups -OCH3 is 2. The first-order valence-corrected chi connectivity index (χ1v) is 7.06. The molecule has 1 aliphatic carbocycles. The van der Waals surface area contributed by atoms with Crippen LogP contribution in [-0.4, -0.2) is 25.8 Å². The third-order valence-corrected chi connectivity index (χ3v) is 4.43. The van der Waals surface area contributed by atoms with Crippen LogP contribution in [0.4, 0.5) is 5.69 Å². The fraction of sp³-hybridized carbons (Fsp3) is 0.562. The van der Waals surface area contributed by atoms with Crippen LogP contribution in [0.3, 0.4) is 0 Å². The van der Waals surface area contributed by atoms with Crippen LogP contribution in [0.25, 0.3) is 0 Å². The molecule has 0 heterocycles.